The lowest BCUT2D eigenvalue weighted by atomic mass is 10.2. The molecular weight excluding hydrogens is 367 g/mol. The number of anilines is 2. The third kappa shape index (κ3) is 4.48. The van der Waals surface area contributed by atoms with E-state index in [0.717, 1.165) is 4.90 Å². The van der Waals surface area contributed by atoms with E-state index in [4.69, 9.17) is 5.73 Å². The van der Waals surface area contributed by atoms with E-state index in [0.29, 0.717) is 16.6 Å². The van der Waals surface area contributed by atoms with Crippen LogP contribution in [0.25, 0.3) is 0 Å². The van der Waals surface area contributed by atoms with Crippen molar-refractivity contribution in [3.8, 4) is 0 Å². The molecule has 1 unspecified atom stereocenters. The molecule has 0 heterocycles. The number of rotatable bonds is 5. The van der Waals surface area contributed by atoms with Gasteiger partial charge in [0.15, 0.2) is 0 Å². The molecule has 2 rings (SSSR count). The molecule has 0 radical (unpaired) electrons. The predicted octanol–water partition coefficient (Wildman–Crippen LogP) is 4.68. The monoisotopic (exact) mass is 382 g/mol. The molecular formula is C16H16BrFN2OS. The maximum Gasteiger partial charge on any atom is 0.237 e. The Balaban J connectivity index is 2.06. The van der Waals surface area contributed by atoms with Gasteiger partial charge < -0.3 is 11.1 Å². The molecule has 0 spiro atoms. The average molecular weight is 383 g/mol. The van der Waals surface area contributed by atoms with Crippen LogP contribution in [0.2, 0.25) is 0 Å². The smallest absolute Gasteiger partial charge is 0.237 e. The maximum atomic E-state index is 13.8. The summed E-state index contributed by atoms with van der Waals surface area (Å²) in [5.41, 5.74) is 6.51. The summed E-state index contributed by atoms with van der Waals surface area (Å²) in [7, 11) is 0. The summed E-state index contributed by atoms with van der Waals surface area (Å²) in [5.74, 6) is -0.680. The van der Waals surface area contributed by atoms with Gasteiger partial charge in [0, 0.05) is 15.1 Å². The molecule has 1 atom stereocenters. The highest BCUT2D eigenvalue weighted by molar-refractivity contribution is 9.10. The molecule has 0 aliphatic rings. The lowest BCUT2D eigenvalue weighted by Crippen LogP contribution is -2.25. The Hall–Kier alpha value is -1.53. The molecule has 2 aromatic carbocycles. The van der Waals surface area contributed by atoms with Crippen LogP contribution in [0.3, 0.4) is 0 Å². The molecule has 3 N–H and O–H groups in total. The highest BCUT2D eigenvalue weighted by Crippen LogP contribution is 2.28. The van der Waals surface area contributed by atoms with Crippen LogP contribution < -0.4 is 11.1 Å². The van der Waals surface area contributed by atoms with Gasteiger partial charge in [-0.25, -0.2) is 4.39 Å². The van der Waals surface area contributed by atoms with Gasteiger partial charge >= 0.3 is 0 Å². The van der Waals surface area contributed by atoms with Crippen molar-refractivity contribution in [2.45, 2.75) is 23.5 Å². The minimum atomic E-state index is -0.463. The summed E-state index contributed by atoms with van der Waals surface area (Å²) >= 11 is 4.62. The van der Waals surface area contributed by atoms with Gasteiger partial charge in [0.1, 0.15) is 5.82 Å². The number of benzene rings is 2. The van der Waals surface area contributed by atoms with Crippen molar-refractivity contribution in [3.05, 3.63) is 52.8 Å². The van der Waals surface area contributed by atoms with E-state index in [1.54, 1.807) is 18.2 Å². The van der Waals surface area contributed by atoms with Crippen molar-refractivity contribution in [1.29, 1.82) is 0 Å². The second-order valence-electron chi connectivity index (χ2n) is 4.70. The SMILES string of the molecule is CCC(Sc1ccc(N)cc1)C(=O)Nc1ccc(Br)cc1F. The largest absolute Gasteiger partial charge is 0.399 e. The van der Waals surface area contributed by atoms with Crippen LogP contribution in [0.1, 0.15) is 13.3 Å². The van der Waals surface area contributed by atoms with Crippen molar-refractivity contribution in [3.63, 3.8) is 0 Å². The number of nitrogens with one attached hydrogen (secondary N) is 1. The first kappa shape index (κ1) is 16.8. The number of thioether (sulfide) groups is 1. The zero-order valence-corrected chi connectivity index (χ0v) is 14.4. The number of carbonyl (C=O) groups excluding carboxylic acids is 1. The number of amides is 1. The van der Waals surface area contributed by atoms with Gasteiger partial charge in [0.2, 0.25) is 5.91 Å². The molecule has 0 saturated heterocycles. The highest BCUT2D eigenvalue weighted by atomic mass is 79.9. The van der Waals surface area contributed by atoms with Crippen LogP contribution in [-0.4, -0.2) is 11.2 Å². The zero-order valence-electron chi connectivity index (χ0n) is 12.0. The molecule has 0 aliphatic carbocycles. The zero-order chi connectivity index (χ0) is 16.1. The Morgan fingerprint density at radius 1 is 1.32 bits per heavy atom. The van der Waals surface area contributed by atoms with Gasteiger partial charge in [0.25, 0.3) is 0 Å². The Bertz CT molecular complexity index is 664. The average Bonchev–Trinajstić information content (AvgIpc) is 2.49. The Morgan fingerprint density at radius 2 is 2.00 bits per heavy atom. The minimum Gasteiger partial charge on any atom is -0.399 e. The molecule has 22 heavy (non-hydrogen) atoms. The number of nitrogen functional groups attached to an aromatic ring is 1. The number of halogens is 2. The number of hydrogen-bond donors (Lipinski definition) is 2. The van der Waals surface area contributed by atoms with Crippen LogP contribution in [0.5, 0.6) is 0 Å². The van der Waals surface area contributed by atoms with Gasteiger partial charge in [0.05, 0.1) is 10.9 Å². The van der Waals surface area contributed by atoms with Crippen LogP contribution in [0.4, 0.5) is 15.8 Å². The quantitative estimate of drug-likeness (QED) is 0.582. The summed E-state index contributed by atoms with van der Waals surface area (Å²) in [6, 6.07) is 11.9. The third-order valence-electron chi connectivity index (χ3n) is 3.01. The first-order chi connectivity index (χ1) is 10.5. The van der Waals surface area contributed by atoms with Crippen molar-refractivity contribution in [2.75, 3.05) is 11.1 Å². The molecule has 6 heteroatoms. The number of hydrogen-bond acceptors (Lipinski definition) is 3. The van der Waals surface area contributed by atoms with Crippen molar-refractivity contribution >= 4 is 45.0 Å². The molecule has 2 aromatic rings. The second-order valence-corrected chi connectivity index (χ2v) is 6.89. The second kappa shape index (κ2) is 7.65. The summed E-state index contributed by atoms with van der Waals surface area (Å²) in [5, 5.41) is 2.34. The normalized spacial score (nSPS) is 12.0. The van der Waals surface area contributed by atoms with E-state index in [2.05, 4.69) is 21.2 Å². The Morgan fingerprint density at radius 3 is 2.59 bits per heavy atom. The Kier molecular flexibility index (Phi) is 5.85. The van der Waals surface area contributed by atoms with Crippen molar-refractivity contribution in [1.82, 2.24) is 0 Å². The van der Waals surface area contributed by atoms with Gasteiger partial charge in [-0.2, -0.15) is 0 Å². The molecule has 116 valence electrons. The fourth-order valence-electron chi connectivity index (χ4n) is 1.84. The summed E-state index contributed by atoms with van der Waals surface area (Å²) in [6.07, 6.45) is 0.638. The fourth-order valence-corrected chi connectivity index (χ4v) is 3.12. The maximum absolute atomic E-state index is 13.8. The highest BCUT2D eigenvalue weighted by Gasteiger charge is 2.19. The fraction of sp³-hybridized carbons (Fsp3) is 0.188. The van der Waals surface area contributed by atoms with Crippen LogP contribution in [0, 0.1) is 5.82 Å². The standard InChI is InChI=1S/C16H16BrFN2OS/c1-2-15(22-12-6-4-11(19)5-7-12)16(21)20-14-8-3-10(17)9-13(14)18/h3-9,15H,2,19H2,1H3,(H,20,21). The van der Waals surface area contributed by atoms with E-state index in [-0.39, 0.29) is 16.8 Å². The van der Waals surface area contributed by atoms with E-state index in [1.807, 2.05) is 19.1 Å². The summed E-state index contributed by atoms with van der Waals surface area (Å²) in [4.78, 5) is 13.3. The molecule has 0 aromatic heterocycles. The van der Waals surface area contributed by atoms with Crippen molar-refractivity contribution < 1.29 is 9.18 Å². The van der Waals surface area contributed by atoms with Crippen LogP contribution in [-0.2, 0) is 4.79 Å². The van der Waals surface area contributed by atoms with E-state index >= 15 is 0 Å². The van der Waals surface area contributed by atoms with E-state index in [9.17, 15) is 9.18 Å². The van der Waals surface area contributed by atoms with Crippen molar-refractivity contribution in [2.24, 2.45) is 0 Å². The van der Waals surface area contributed by atoms with E-state index in [1.165, 1.54) is 23.9 Å². The number of carbonyl (C=O) groups is 1. The van der Waals surface area contributed by atoms with Gasteiger partial charge in [-0.3, -0.25) is 4.79 Å². The first-order valence-electron chi connectivity index (χ1n) is 6.77. The molecule has 1 amide bonds. The lowest BCUT2D eigenvalue weighted by molar-refractivity contribution is -0.115. The summed E-state index contributed by atoms with van der Waals surface area (Å²) < 4.78 is 14.4. The number of nitrogens with two attached hydrogens (primary N) is 1. The third-order valence-corrected chi connectivity index (χ3v) is 4.88. The molecule has 3 nitrogen and oxygen atoms in total. The van der Waals surface area contributed by atoms with Gasteiger partial charge in [-0.05, 0) is 48.9 Å². The van der Waals surface area contributed by atoms with Gasteiger partial charge in [-0.15, -0.1) is 11.8 Å². The lowest BCUT2D eigenvalue weighted by Gasteiger charge is -2.15. The van der Waals surface area contributed by atoms with Crippen LogP contribution in [0.15, 0.2) is 51.8 Å². The van der Waals surface area contributed by atoms with Crippen LogP contribution >= 0.6 is 27.7 Å². The summed E-state index contributed by atoms with van der Waals surface area (Å²) in [6.45, 7) is 1.92. The van der Waals surface area contributed by atoms with E-state index < -0.39 is 5.82 Å². The predicted molar refractivity (Wildman–Crippen MR) is 93.5 cm³/mol. The Labute approximate surface area is 141 Å². The molecule has 0 bridgehead atoms. The molecule has 0 aliphatic heterocycles. The molecule has 0 saturated carbocycles. The first-order valence-corrected chi connectivity index (χ1v) is 8.45. The topological polar surface area (TPSA) is 55.1 Å². The van der Waals surface area contributed by atoms with Gasteiger partial charge in [-0.1, -0.05) is 22.9 Å². The minimum absolute atomic E-state index is 0.185. The molecule has 0 fully saturated rings.